The van der Waals surface area contributed by atoms with Crippen LogP contribution in [0.5, 0.6) is 0 Å². The van der Waals surface area contributed by atoms with Gasteiger partial charge in [0.1, 0.15) is 0 Å². The van der Waals surface area contributed by atoms with Gasteiger partial charge in [-0.25, -0.2) is 0 Å². The number of aromatic nitrogens is 2. The van der Waals surface area contributed by atoms with Crippen molar-refractivity contribution in [1.29, 1.82) is 0 Å². The number of rotatable bonds is 5. The first kappa shape index (κ1) is 15.5. The zero-order valence-corrected chi connectivity index (χ0v) is 14.3. The Hall–Kier alpha value is -0.840. The van der Waals surface area contributed by atoms with Crippen LogP contribution in [0.25, 0.3) is 0 Å². The van der Waals surface area contributed by atoms with Crippen LogP contribution >= 0.6 is 22.9 Å². The highest BCUT2D eigenvalue weighted by atomic mass is 35.5. The van der Waals surface area contributed by atoms with Crippen LogP contribution in [-0.2, 0) is 13.1 Å². The van der Waals surface area contributed by atoms with E-state index in [-0.39, 0.29) is 0 Å². The molecule has 0 aliphatic heterocycles. The van der Waals surface area contributed by atoms with Crippen LogP contribution in [0.1, 0.15) is 40.6 Å². The highest BCUT2D eigenvalue weighted by molar-refractivity contribution is 7.12. The topological polar surface area (TPSA) is 29.9 Å². The summed E-state index contributed by atoms with van der Waals surface area (Å²) in [5.74, 6) is 0. The molecule has 0 bridgehead atoms. The molecule has 0 unspecified atom stereocenters. The van der Waals surface area contributed by atoms with Gasteiger partial charge in [-0.1, -0.05) is 25.4 Å². The quantitative estimate of drug-likeness (QED) is 0.902. The Morgan fingerprint density at radius 2 is 2.05 bits per heavy atom. The molecule has 5 heteroatoms. The molecule has 1 N–H and O–H groups in total. The maximum Gasteiger partial charge on any atom is 0.0844 e. The second kappa shape index (κ2) is 6.29. The minimum Gasteiger partial charge on any atom is -0.310 e. The fourth-order valence-electron chi connectivity index (χ4n) is 2.13. The zero-order chi connectivity index (χ0) is 14.9. The molecule has 0 atom stereocenters. The largest absolute Gasteiger partial charge is 0.310 e. The van der Waals surface area contributed by atoms with Crippen molar-refractivity contribution in [2.45, 2.75) is 53.8 Å². The molecule has 3 nitrogen and oxygen atoms in total. The van der Waals surface area contributed by atoms with Gasteiger partial charge in [0, 0.05) is 22.3 Å². The number of aryl methyl sites for hydroxylation is 2. The lowest BCUT2D eigenvalue weighted by Gasteiger charge is -2.05. The van der Waals surface area contributed by atoms with Crippen LogP contribution in [0.4, 0.5) is 0 Å². The van der Waals surface area contributed by atoms with E-state index in [1.54, 1.807) is 0 Å². The van der Waals surface area contributed by atoms with Crippen LogP contribution in [-0.4, -0.2) is 15.8 Å². The summed E-state index contributed by atoms with van der Waals surface area (Å²) < 4.78 is 1.99. The highest BCUT2D eigenvalue weighted by Gasteiger charge is 2.12. The third-order valence-corrected chi connectivity index (χ3v) is 5.01. The van der Waals surface area contributed by atoms with E-state index >= 15 is 0 Å². The molecule has 2 heterocycles. The lowest BCUT2D eigenvalue weighted by atomic mass is 10.2. The Balaban J connectivity index is 2.15. The van der Waals surface area contributed by atoms with Crippen molar-refractivity contribution in [3.05, 3.63) is 37.8 Å². The molecule has 2 aromatic heterocycles. The van der Waals surface area contributed by atoms with Gasteiger partial charge in [0.2, 0.25) is 0 Å². The SMILES string of the molecule is Cc1nn(Cc2cc(CNC(C)C)sc2C)c(C)c1Cl. The van der Waals surface area contributed by atoms with Crippen LogP contribution in [0.15, 0.2) is 6.07 Å². The van der Waals surface area contributed by atoms with E-state index in [1.807, 2.05) is 29.9 Å². The Labute approximate surface area is 130 Å². The third kappa shape index (κ3) is 3.43. The Kier molecular flexibility index (Phi) is 4.89. The highest BCUT2D eigenvalue weighted by Crippen LogP contribution is 2.25. The average Bonchev–Trinajstić information content (AvgIpc) is 2.84. The Morgan fingerprint density at radius 3 is 2.60 bits per heavy atom. The summed E-state index contributed by atoms with van der Waals surface area (Å²) in [5.41, 5.74) is 3.27. The molecule has 0 fully saturated rings. The fourth-order valence-corrected chi connectivity index (χ4v) is 3.27. The summed E-state index contributed by atoms with van der Waals surface area (Å²) in [4.78, 5) is 2.73. The molecule has 0 amide bonds. The molecule has 0 aliphatic rings. The summed E-state index contributed by atoms with van der Waals surface area (Å²) in [5, 5.41) is 8.74. The molecule has 0 aliphatic carbocycles. The van der Waals surface area contributed by atoms with Gasteiger partial charge in [0.05, 0.1) is 23.0 Å². The standard InChI is InChI=1S/C15H22ClN3S/c1-9(2)17-7-14-6-13(12(5)20-14)8-19-11(4)15(16)10(3)18-19/h6,9,17H,7-8H2,1-5H3. The van der Waals surface area contributed by atoms with Gasteiger partial charge in [-0.15, -0.1) is 11.3 Å². The van der Waals surface area contributed by atoms with Gasteiger partial charge < -0.3 is 5.32 Å². The van der Waals surface area contributed by atoms with Crippen LogP contribution < -0.4 is 5.32 Å². The van der Waals surface area contributed by atoms with Gasteiger partial charge >= 0.3 is 0 Å². The lowest BCUT2D eigenvalue weighted by Crippen LogP contribution is -2.21. The van der Waals surface area contributed by atoms with Crippen LogP contribution in [0.2, 0.25) is 5.02 Å². The van der Waals surface area contributed by atoms with E-state index in [2.05, 4.69) is 37.3 Å². The Bertz CT molecular complexity index is 599. The van der Waals surface area contributed by atoms with Crippen LogP contribution in [0.3, 0.4) is 0 Å². The maximum absolute atomic E-state index is 6.20. The van der Waals surface area contributed by atoms with Gasteiger partial charge in [-0.2, -0.15) is 5.10 Å². The number of nitrogens with one attached hydrogen (secondary N) is 1. The van der Waals surface area contributed by atoms with Gasteiger partial charge in [0.15, 0.2) is 0 Å². The normalized spacial score (nSPS) is 11.6. The molecular formula is C15H22ClN3S. The molecule has 2 aromatic rings. The smallest absolute Gasteiger partial charge is 0.0844 e. The second-order valence-corrected chi connectivity index (χ2v) is 7.19. The molecule has 0 saturated heterocycles. The van der Waals surface area contributed by atoms with E-state index in [0.717, 1.165) is 29.5 Å². The monoisotopic (exact) mass is 311 g/mol. The summed E-state index contributed by atoms with van der Waals surface area (Å²) in [6.45, 7) is 12.2. The van der Waals surface area contributed by atoms with Gasteiger partial charge in [0.25, 0.3) is 0 Å². The average molecular weight is 312 g/mol. The predicted octanol–water partition coefficient (Wildman–Crippen LogP) is 4.07. The first-order chi connectivity index (χ1) is 9.38. The number of hydrogen-bond acceptors (Lipinski definition) is 3. The van der Waals surface area contributed by atoms with Crippen LogP contribution in [0, 0.1) is 20.8 Å². The van der Waals surface area contributed by atoms with Gasteiger partial charge in [-0.3, -0.25) is 4.68 Å². The van der Waals surface area contributed by atoms with Crippen molar-refractivity contribution in [3.63, 3.8) is 0 Å². The second-order valence-electron chi connectivity index (χ2n) is 5.47. The first-order valence-corrected chi connectivity index (χ1v) is 8.09. The van der Waals surface area contributed by atoms with E-state index in [0.29, 0.717) is 6.04 Å². The molecule has 2 rings (SSSR count). The minimum absolute atomic E-state index is 0.510. The minimum atomic E-state index is 0.510. The summed E-state index contributed by atoms with van der Waals surface area (Å²) in [6, 6.07) is 2.79. The van der Waals surface area contributed by atoms with Crippen molar-refractivity contribution in [3.8, 4) is 0 Å². The maximum atomic E-state index is 6.20. The Morgan fingerprint density at radius 1 is 1.35 bits per heavy atom. The summed E-state index contributed by atoms with van der Waals surface area (Å²) in [7, 11) is 0. The number of halogens is 1. The lowest BCUT2D eigenvalue weighted by molar-refractivity contribution is 0.592. The van der Waals surface area contributed by atoms with Crippen molar-refractivity contribution < 1.29 is 0 Å². The van der Waals surface area contributed by atoms with E-state index in [1.165, 1.54) is 15.3 Å². The fraction of sp³-hybridized carbons (Fsp3) is 0.533. The molecule has 0 aromatic carbocycles. The molecular weight excluding hydrogens is 290 g/mol. The molecule has 0 spiro atoms. The van der Waals surface area contributed by atoms with Crippen molar-refractivity contribution in [2.24, 2.45) is 0 Å². The number of hydrogen-bond donors (Lipinski definition) is 1. The number of nitrogens with zero attached hydrogens (tertiary/aromatic N) is 2. The zero-order valence-electron chi connectivity index (χ0n) is 12.7. The van der Waals surface area contributed by atoms with Crippen molar-refractivity contribution in [2.75, 3.05) is 0 Å². The van der Waals surface area contributed by atoms with Crippen molar-refractivity contribution in [1.82, 2.24) is 15.1 Å². The van der Waals surface area contributed by atoms with E-state index < -0.39 is 0 Å². The van der Waals surface area contributed by atoms with E-state index in [9.17, 15) is 0 Å². The van der Waals surface area contributed by atoms with Gasteiger partial charge in [-0.05, 0) is 32.4 Å². The summed E-state index contributed by atoms with van der Waals surface area (Å²) >= 11 is 8.06. The van der Waals surface area contributed by atoms with E-state index in [4.69, 9.17) is 11.6 Å². The summed E-state index contributed by atoms with van der Waals surface area (Å²) in [6.07, 6.45) is 0. The first-order valence-electron chi connectivity index (χ1n) is 6.89. The molecule has 0 radical (unpaired) electrons. The molecule has 0 saturated carbocycles. The predicted molar refractivity (Wildman–Crippen MR) is 86.8 cm³/mol. The third-order valence-electron chi connectivity index (χ3n) is 3.37. The number of thiophene rings is 1. The van der Waals surface area contributed by atoms with Crippen molar-refractivity contribution >= 4 is 22.9 Å². The molecule has 110 valence electrons. The molecule has 20 heavy (non-hydrogen) atoms.